The molecule has 90 valence electrons. The van der Waals surface area contributed by atoms with Crippen LogP contribution in [0.15, 0.2) is 60.9 Å². The first kappa shape index (κ1) is 12.2. The Bertz CT molecular complexity index is 541. The molecule has 1 aromatic carbocycles. The number of allylic oxidation sites excluding steroid dienone is 1. The summed E-state index contributed by atoms with van der Waals surface area (Å²) in [6, 6.07) is 13.5. The van der Waals surface area contributed by atoms with Crippen molar-refractivity contribution in [1.82, 2.24) is 0 Å². The van der Waals surface area contributed by atoms with Gasteiger partial charge in [0.2, 0.25) is 0 Å². The largest absolute Gasteiger partial charge is 0.289 e. The second-order valence-electron chi connectivity index (χ2n) is 4.05. The van der Waals surface area contributed by atoms with Gasteiger partial charge in [0.25, 0.3) is 0 Å². The Morgan fingerprint density at radius 2 is 1.78 bits per heavy atom. The number of hydrogen-bond acceptors (Lipinski definition) is 1. The Kier molecular flexibility index (Phi) is 4.02. The van der Waals surface area contributed by atoms with Crippen LogP contribution >= 0.6 is 0 Å². The Morgan fingerprint density at radius 1 is 1.11 bits per heavy atom. The summed E-state index contributed by atoms with van der Waals surface area (Å²) in [6.07, 6.45) is 8.12. The highest BCUT2D eigenvalue weighted by Crippen LogP contribution is 2.06. The van der Waals surface area contributed by atoms with Gasteiger partial charge < -0.3 is 0 Å². The predicted octanol–water partition coefficient (Wildman–Crippen LogP) is 2.89. The van der Waals surface area contributed by atoms with Crippen LogP contribution in [0.3, 0.4) is 0 Å². The molecule has 1 aromatic heterocycles. The molecule has 2 rings (SSSR count). The van der Waals surface area contributed by atoms with E-state index in [0.717, 1.165) is 12.0 Å². The van der Waals surface area contributed by atoms with Crippen molar-refractivity contribution in [2.45, 2.75) is 13.3 Å². The van der Waals surface area contributed by atoms with Gasteiger partial charge in [-0.25, -0.2) is 0 Å². The van der Waals surface area contributed by atoms with E-state index in [9.17, 15) is 4.79 Å². The van der Waals surface area contributed by atoms with E-state index in [1.54, 1.807) is 12.3 Å². The zero-order valence-electron chi connectivity index (χ0n) is 10.4. The van der Waals surface area contributed by atoms with Crippen LogP contribution in [0.2, 0.25) is 0 Å². The van der Waals surface area contributed by atoms with Gasteiger partial charge in [0.15, 0.2) is 24.4 Å². The van der Waals surface area contributed by atoms with Gasteiger partial charge in [0.05, 0.1) is 6.08 Å². The number of ketones is 1. The number of benzene rings is 1. The molecule has 0 aliphatic carbocycles. The van der Waals surface area contributed by atoms with Crippen LogP contribution in [0.4, 0.5) is 0 Å². The van der Waals surface area contributed by atoms with Crippen molar-refractivity contribution in [3.8, 4) is 0 Å². The lowest BCUT2D eigenvalue weighted by Crippen LogP contribution is -2.23. The first-order valence-electron chi connectivity index (χ1n) is 6.07. The molecule has 18 heavy (non-hydrogen) atoms. The summed E-state index contributed by atoms with van der Waals surface area (Å²) in [5.41, 5.74) is 1.97. The van der Waals surface area contributed by atoms with Crippen molar-refractivity contribution in [2.75, 3.05) is 0 Å². The van der Waals surface area contributed by atoms with E-state index >= 15 is 0 Å². The van der Waals surface area contributed by atoms with E-state index < -0.39 is 0 Å². The monoisotopic (exact) mass is 238 g/mol. The number of rotatable bonds is 4. The number of hydrogen-bond donors (Lipinski definition) is 0. The van der Waals surface area contributed by atoms with Crippen LogP contribution in [-0.4, -0.2) is 5.78 Å². The fourth-order valence-electron chi connectivity index (χ4n) is 1.67. The molecule has 0 bridgehead atoms. The molecule has 0 radical (unpaired) electrons. The molecule has 0 spiro atoms. The third kappa shape index (κ3) is 3.14. The standard InChI is InChI=1S/C16H16NO/c1-2-14-6-8-15(9-7-14)16(18)10-13-17-11-4-3-5-12-17/h3-13H,2H2,1H3/q+1/b13-10+. The predicted molar refractivity (Wildman–Crippen MR) is 72.1 cm³/mol. The molecule has 0 saturated heterocycles. The topological polar surface area (TPSA) is 20.9 Å². The van der Waals surface area contributed by atoms with Crippen molar-refractivity contribution in [3.63, 3.8) is 0 Å². The summed E-state index contributed by atoms with van der Waals surface area (Å²) < 4.78 is 1.85. The van der Waals surface area contributed by atoms with E-state index in [-0.39, 0.29) is 5.78 Å². The molecule has 0 aliphatic heterocycles. The molecule has 2 heteroatoms. The SMILES string of the molecule is CCc1ccc(C(=O)/C=C/[n+]2ccccc2)cc1. The fraction of sp³-hybridized carbons (Fsp3) is 0.125. The minimum Gasteiger partial charge on any atom is -0.289 e. The van der Waals surface area contributed by atoms with Crippen molar-refractivity contribution >= 4 is 12.0 Å². The van der Waals surface area contributed by atoms with E-state index in [4.69, 9.17) is 0 Å². The minimum atomic E-state index is 0.0222. The van der Waals surface area contributed by atoms with E-state index in [1.165, 1.54) is 5.56 Å². The molecule has 2 aromatic rings. The molecule has 2 nitrogen and oxygen atoms in total. The summed E-state index contributed by atoms with van der Waals surface area (Å²) in [7, 11) is 0. The minimum absolute atomic E-state index is 0.0222. The molecule has 0 atom stereocenters. The number of nitrogens with zero attached hydrogens (tertiary/aromatic N) is 1. The van der Waals surface area contributed by atoms with Crippen LogP contribution in [0.5, 0.6) is 0 Å². The molecule has 0 N–H and O–H groups in total. The second-order valence-corrected chi connectivity index (χ2v) is 4.05. The highest BCUT2D eigenvalue weighted by molar-refractivity contribution is 6.05. The lowest BCUT2D eigenvalue weighted by atomic mass is 10.1. The molecule has 1 heterocycles. The van der Waals surface area contributed by atoms with Crippen LogP contribution in [0, 0.1) is 0 Å². The van der Waals surface area contributed by atoms with Crippen molar-refractivity contribution in [3.05, 3.63) is 72.1 Å². The second kappa shape index (κ2) is 5.92. The van der Waals surface area contributed by atoms with Gasteiger partial charge in [-0.2, -0.15) is 4.57 Å². The molecular formula is C16H16NO+. The van der Waals surface area contributed by atoms with Gasteiger partial charge in [0, 0.05) is 17.7 Å². The summed E-state index contributed by atoms with van der Waals surface area (Å²) in [6.45, 7) is 2.10. The number of aromatic nitrogens is 1. The van der Waals surface area contributed by atoms with Crippen LogP contribution in [0.1, 0.15) is 22.8 Å². The Balaban J connectivity index is 2.09. The fourth-order valence-corrected chi connectivity index (χ4v) is 1.67. The summed E-state index contributed by atoms with van der Waals surface area (Å²) in [4.78, 5) is 11.9. The first-order valence-corrected chi connectivity index (χ1v) is 6.07. The molecule has 0 aliphatic rings. The molecule has 0 saturated carbocycles. The first-order chi connectivity index (χ1) is 8.79. The molecule has 0 unspecified atom stereocenters. The smallest absolute Gasteiger partial charge is 0.191 e. The lowest BCUT2D eigenvalue weighted by molar-refractivity contribution is -0.568. The third-order valence-electron chi connectivity index (χ3n) is 2.78. The highest BCUT2D eigenvalue weighted by Gasteiger charge is 2.02. The Labute approximate surface area is 107 Å². The van der Waals surface area contributed by atoms with Gasteiger partial charge in [-0.05, 0) is 12.0 Å². The maximum atomic E-state index is 11.9. The van der Waals surface area contributed by atoms with Crippen LogP contribution in [0.25, 0.3) is 6.20 Å². The number of aryl methyl sites for hydroxylation is 1. The van der Waals surface area contributed by atoms with E-state index in [2.05, 4.69) is 6.92 Å². The van der Waals surface area contributed by atoms with Crippen molar-refractivity contribution in [1.29, 1.82) is 0 Å². The maximum Gasteiger partial charge on any atom is 0.191 e. The summed E-state index contributed by atoms with van der Waals surface area (Å²) in [5.74, 6) is 0.0222. The summed E-state index contributed by atoms with van der Waals surface area (Å²) in [5, 5.41) is 0. The van der Waals surface area contributed by atoms with Gasteiger partial charge >= 0.3 is 0 Å². The van der Waals surface area contributed by atoms with E-state index in [1.807, 2.05) is 59.4 Å². The number of carbonyl (C=O) groups excluding carboxylic acids is 1. The zero-order chi connectivity index (χ0) is 12.8. The average molecular weight is 238 g/mol. The van der Waals surface area contributed by atoms with Crippen molar-refractivity contribution in [2.24, 2.45) is 0 Å². The molecular weight excluding hydrogens is 222 g/mol. The normalized spacial score (nSPS) is 10.7. The van der Waals surface area contributed by atoms with Crippen molar-refractivity contribution < 1.29 is 9.36 Å². The Hall–Kier alpha value is -2.22. The van der Waals surface area contributed by atoms with E-state index in [0.29, 0.717) is 0 Å². The van der Waals surface area contributed by atoms with Gasteiger partial charge in [-0.15, -0.1) is 0 Å². The third-order valence-corrected chi connectivity index (χ3v) is 2.78. The number of carbonyl (C=O) groups is 1. The van der Waals surface area contributed by atoms with Gasteiger partial charge in [0.1, 0.15) is 0 Å². The van der Waals surface area contributed by atoms with Crippen LogP contribution in [-0.2, 0) is 6.42 Å². The van der Waals surface area contributed by atoms with Gasteiger partial charge in [-0.1, -0.05) is 37.3 Å². The Morgan fingerprint density at radius 3 is 2.39 bits per heavy atom. The maximum absolute atomic E-state index is 11.9. The lowest BCUT2D eigenvalue weighted by Gasteiger charge is -1.97. The quantitative estimate of drug-likeness (QED) is 0.456. The molecule has 0 amide bonds. The average Bonchev–Trinajstić information content (AvgIpc) is 2.46. The zero-order valence-corrected chi connectivity index (χ0v) is 10.4. The summed E-state index contributed by atoms with van der Waals surface area (Å²) >= 11 is 0. The molecule has 0 fully saturated rings. The highest BCUT2D eigenvalue weighted by atomic mass is 16.1. The van der Waals surface area contributed by atoms with Gasteiger partial charge in [-0.3, -0.25) is 4.79 Å². The number of pyridine rings is 1. The van der Waals surface area contributed by atoms with Crippen LogP contribution < -0.4 is 4.57 Å².